The first-order valence-electron chi connectivity index (χ1n) is 8.08. The highest BCUT2D eigenvalue weighted by Gasteiger charge is 2.20. The molecule has 0 radical (unpaired) electrons. The van der Waals surface area contributed by atoms with E-state index in [1.54, 1.807) is 18.0 Å². The number of primary amides is 1. The van der Waals surface area contributed by atoms with Gasteiger partial charge in [0.1, 0.15) is 0 Å². The van der Waals surface area contributed by atoms with Gasteiger partial charge < -0.3 is 10.6 Å². The summed E-state index contributed by atoms with van der Waals surface area (Å²) in [5.41, 5.74) is 11.9. The molecular formula is C21H20N2O2. The molecule has 0 aromatic heterocycles. The maximum atomic E-state index is 12.0. The molecule has 3 rings (SSSR count). The second-order valence-corrected chi connectivity index (χ2v) is 6.07. The van der Waals surface area contributed by atoms with E-state index in [9.17, 15) is 9.59 Å². The Bertz CT molecular complexity index is 926. The molecule has 2 N–H and O–H groups in total. The van der Waals surface area contributed by atoms with Crippen LogP contribution in [0.3, 0.4) is 0 Å². The van der Waals surface area contributed by atoms with Gasteiger partial charge in [0.25, 0.3) is 0 Å². The topological polar surface area (TPSA) is 63.4 Å². The number of amides is 2. The number of carbonyl (C=O) groups excluding carboxylic acids is 2. The Morgan fingerprint density at radius 3 is 2.64 bits per heavy atom. The lowest BCUT2D eigenvalue weighted by atomic mass is 9.90. The molecule has 0 bridgehead atoms. The molecule has 2 aromatic carbocycles. The average molecular weight is 332 g/mol. The summed E-state index contributed by atoms with van der Waals surface area (Å²) in [5.74, 6) is -0.567. The van der Waals surface area contributed by atoms with Crippen molar-refractivity contribution in [1.29, 1.82) is 0 Å². The minimum Gasteiger partial charge on any atom is -0.366 e. The first-order chi connectivity index (χ1) is 12.0. The highest BCUT2D eigenvalue weighted by molar-refractivity contribution is 6.02. The van der Waals surface area contributed by atoms with Gasteiger partial charge in [-0.3, -0.25) is 9.59 Å². The quantitative estimate of drug-likeness (QED) is 0.871. The van der Waals surface area contributed by atoms with Gasteiger partial charge in [0.05, 0.1) is 0 Å². The Morgan fingerprint density at radius 1 is 1.20 bits per heavy atom. The van der Waals surface area contributed by atoms with Crippen LogP contribution in [0.25, 0.3) is 17.2 Å². The fourth-order valence-electron chi connectivity index (χ4n) is 3.37. The number of rotatable bonds is 4. The molecule has 0 spiro atoms. The molecule has 0 saturated carbocycles. The van der Waals surface area contributed by atoms with Crippen LogP contribution in [-0.4, -0.2) is 18.9 Å². The zero-order chi connectivity index (χ0) is 18.1. The zero-order valence-electron chi connectivity index (χ0n) is 14.4. The van der Waals surface area contributed by atoms with E-state index in [-0.39, 0.29) is 5.91 Å². The molecule has 2 aromatic rings. The summed E-state index contributed by atoms with van der Waals surface area (Å²) in [6.07, 6.45) is 6.07. The minimum atomic E-state index is -0.409. The second-order valence-electron chi connectivity index (χ2n) is 6.07. The Balaban J connectivity index is 2.17. The van der Waals surface area contributed by atoms with E-state index < -0.39 is 5.91 Å². The molecule has 25 heavy (non-hydrogen) atoms. The van der Waals surface area contributed by atoms with Crippen LogP contribution in [0, 0.1) is 6.92 Å². The predicted octanol–water partition coefficient (Wildman–Crippen LogP) is 3.48. The average Bonchev–Trinajstić information content (AvgIpc) is 3.09. The van der Waals surface area contributed by atoms with Crippen LogP contribution in [0.4, 0.5) is 5.69 Å². The zero-order valence-corrected chi connectivity index (χ0v) is 14.4. The lowest BCUT2D eigenvalue weighted by molar-refractivity contribution is -0.113. The van der Waals surface area contributed by atoms with E-state index in [1.165, 1.54) is 6.08 Å². The molecule has 0 aliphatic heterocycles. The monoisotopic (exact) mass is 332 g/mol. The third-order valence-corrected chi connectivity index (χ3v) is 4.69. The highest BCUT2D eigenvalue weighted by atomic mass is 16.2. The van der Waals surface area contributed by atoms with Crippen LogP contribution in [0.2, 0.25) is 0 Å². The van der Waals surface area contributed by atoms with Crippen molar-refractivity contribution in [2.75, 3.05) is 11.9 Å². The molecule has 4 heteroatoms. The van der Waals surface area contributed by atoms with Gasteiger partial charge in [0.15, 0.2) is 0 Å². The largest absolute Gasteiger partial charge is 0.366 e. The van der Waals surface area contributed by atoms with Crippen molar-refractivity contribution >= 4 is 23.6 Å². The van der Waals surface area contributed by atoms with Gasteiger partial charge in [-0.25, -0.2) is 0 Å². The van der Waals surface area contributed by atoms with Gasteiger partial charge in [-0.2, -0.15) is 0 Å². The number of likely N-dealkylation sites (N-methyl/N-ethyl adjacent to an activating group) is 1. The molecular weight excluding hydrogens is 312 g/mol. The fraction of sp³-hybridized carbons (Fsp3) is 0.143. The summed E-state index contributed by atoms with van der Waals surface area (Å²) < 4.78 is 0. The third-order valence-electron chi connectivity index (χ3n) is 4.69. The predicted molar refractivity (Wildman–Crippen MR) is 101 cm³/mol. The summed E-state index contributed by atoms with van der Waals surface area (Å²) in [7, 11) is 1.73. The van der Waals surface area contributed by atoms with Gasteiger partial charge in [0.2, 0.25) is 11.8 Å². The van der Waals surface area contributed by atoms with Crippen molar-refractivity contribution in [3.63, 3.8) is 0 Å². The van der Waals surface area contributed by atoms with Crippen LogP contribution in [0.15, 0.2) is 49.1 Å². The lowest BCUT2D eigenvalue weighted by Gasteiger charge is -2.21. The van der Waals surface area contributed by atoms with Gasteiger partial charge >= 0.3 is 0 Å². The standard InChI is InChI=1S/C21H20N2O2/c1-4-20(24)23(3)19-10-6-7-14(13(19)2)17-11-12-18(21(22)25)16-9-5-8-15(16)17/h4-8,10-12H,1,9H2,2-3H3,(H2,22,25). The van der Waals surface area contributed by atoms with E-state index >= 15 is 0 Å². The number of hydrogen-bond acceptors (Lipinski definition) is 2. The van der Waals surface area contributed by atoms with E-state index in [0.717, 1.165) is 33.5 Å². The maximum absolute atomic E-state index is 12.0. The normalized spacial score (nSPS) is 11.9. The molecule has 0 heterocycles. The summed E-state index contributed by atoms with van der Waals surface area (Å²) in [6.45, 7) is 5.54. The molecule has 0 fully saturated rings. The first kappa shape index (κ1) is 16.7. The molecule has 1 aliphatic carbocycles. The summed E-state index contributed by atoms with van der Waals surface area (Å²) >= 11 is 0. The number of anilines is 1. The van der Waals surface area contributed by atoms with Crippen LogP contribution in [-0.2, 0) is 11.2 Å². The Morgan fingerprint density at radius 2 is 1.96 bits per heavy atom. The van der Waals surface area contributed by atoms with E-state index in [2.05, 4.69) is 6.58 Å². The molecule has 1 aliphatic rings. The molecule has 126 valence electrons. The van der Waals surface area contributed by atoms with Crippen molar-refractivity contribution < 1.29 is 9.59 Å². The van der Waals surface area contributed by atoms with Crippen LogP contribution in [0.5, 0.6) is 0 Å². The van der Waals surface area contributed by atoms with Crippen molar-refractivity contribution in [3.8, 4) is 11.1 Å². The van der Waals surface area contributed by atoms with Crippen molar-refractivity contribution in [3.05, 3.63) is 71.3 Å². The Hall–Kier alpha value is -3.14. The number of allylic oxidation sites excluding steroid dienone is 1. The van der Waals surface area contributed by atoms with Crippen LogP contribution < -0.4 is 10.6 Å². The number of hydrogen-bond donors (Lipinski definition) is 1. The van der Waals surface area contributed by atoms with Gasteiger partial charge in [-0.15, -0.1) is 0 Å². The van der Waals surface area contributed by atoms with Gasteiger partial charge in [-0.1, -0.05) is 36.9 Å². The number of nitrogens with zero attached hydrogens (tertiary/aromatic N) is 1. The molecule has 0 unspecified atom stereocenters. The minimum absolute atomic E-state index is 0.158. The van der Waals surface area contributed by atoms with Crippen molar-refractivity contribution in [1.82, 2.24) is 0 Å². The third kappa shape index (κ3) is 2.76. The number of nitrogens with two attached hydrogens (primary N) is 1. The van der Waals surface area contributed by atoms with Crippen molar-refractivity contribution in [2.24, 2.45) is 5.73 Å². The first-order valence-corrected chi connectivity index (χ1v) is 8.08. The van der Waals surface area contributed by atoms with Gasteiger partial charge in [0, 0.05) is 18.3 Å². The molecule has 2 amide bonds. The van der Waals surface area contributed by atoms with E-state index in [4.69, 9.17) is 5.73 Å². The second kappa shape index (κ2) is 6.40. The Labute approximate surface area is 147 Å². The van der Waals surface area contributed by atoms with Crippen LogP contribution >= 0.6 is 0 Å². The molecule has 0 saturated heterocycles. The lowest BCUT2D eigenvalue weighted by Crippen LogP contribution is -2.24. The summed E-state index contributed by atoms with van der Waals surface area (Å²) in [5, 5.41) is 0. The van der Waals surface area contributed by atoms with E-state index in [1.807, 2.05) is 43.3 Å². The van der Waals surface area contributed by atoms with Crippen molar-refractivity contribution in [2.45, 2.75) is 13.3 Å². The summed E-state index contributed by atoms with van der Waals surface area (Å²) in [6, 6.07) is 9.58. The Kier molecular flexibility index (Phi) is 4.28. The number of fused-ring (bicyclic) bond motifs is 1. The van der Waals surface area contributed by atoms with Crippen LogP contribution in [0.1, 0.15) is 27.0 Å². The molecule has 4 nitrogen and oxygen atoms in total. The maximum Gasteiger partial charge on any atom is 0.250 e. The summed E-state index contributed by atoms with van der Waals surface area (Å²) in [4.78, 5) is 25.2. The number of carbonyl (C=O) groups is 2. The highest BCUT2D eigenvalue weighted by Crippen LogP contribution is 2.37. The molecule has 0 atom stereocenters. The number of benzene rings is 2. The smallest absolute Gasteiger partial charge is 0.250 e. The van der Waals surface area contributed by atoms with Gasteiger partial charge in [-0.05, 0) is 59.4 Å². The fourth-order valence-corrected chi connectivity index (χ4v) is 3.37. The van der Waals surface area contributed by atoms with E-state index in [0.29, 0.717) is 12.0 Å². The SMILES string of the molecule is C=CC(=O)N(C)c1cccc(-c2ccc(C(N)=O)c3c2C=CC3)c1C.